The van der Waals surface area contributed by atoms with E-state index >= 15 is 0 Å². The van der Waals surface area contributed by atoms with Crippen LogP contribution in [-0.2, 0) is 16.6 Å². The quantitative estimate of drug-likeness (QED) is 0.582. The van der Waals surface area contributed by atoms with Gasteiger partial charge >= 0.3 is 0 Å². The Morgan fingerprint density at radius 3 is 2.19 bits per heavy atom. The Balaban J connectivity index is 0.00000261. The number of nitro groups is 1. The van der Waals surface area contributed by atoms with Crippen LogP contribution >= 0.6 is 12.4 Å². The highest BCUT2D eigenvalue weighted by molar-refractivity contribution is 7.89. The molecule has 7 nitrogen and oxygen atoms in total. The van der Waals surface area contributed by atoms with Gasteiger partial charge in [-0.25, -0.2) is 13.1 Å². The first-order valence-corrected chi connectivity index (χ1v) is 9.95. The number of benzene rings is 2. The Labute approximate surface area is 165 Å². The van der Waals surface area contributed by atoms with Crippen LogP contribution in [0.2, 0.25) is 0 Å². The molecule has 2 aromatic rings. The van der Waals surface area contributed by atoms with Crippen LogP contribution in [-0.4, -0.2) is 37.4 Å². The lowest BCUT2D eigenvalue weighted by atomic mass is 10.1. The molecule has 0 atom stereocenters. The Kier molecular flexibility index (Phi) is 7.32. The molecule has 146 valence electrons. The number of rotatable bonds is 6. The number of nitro benzene ring substituents is 1. The van der Waals surface area contributed by atoms with Crippen molar-refractivity contribution in [1.82, 2.24) is 9.62 Å². The van der Waals surface area contributed by atoms with Crippen LogP contribution in [0.5, 0.6) is 0 Å². The second-order valence-electron chi connectivity index (χ2n) is 6.41. The highest BCUT2D eigenvalue weighted by Gasteiger charge is 2.25. The maximum Gasteiger partial charge on any atom is 0.269 e. The van der Waals surface area contributed by atoms with E-state index < -0.39 is 14.9 Å². The van der Waals surface area contributed by atoms with E-state index in [1.54, 1.807) is 0 Å². The Bertz CT molecular complexity index is 852. The molecule has 0 aliphatic carbocycles. The van der Waals surface area contributed by atoms with Gasteiger partial charge in [-0.3, -0.25) is 15.0 Å². The molecule has 1 aliphatic heterocycles. The van der Waals surface area contributed by atoms with Gasteiger partial charge in [0.25, 0.3) is 5.69 Å². The number of nitrogens with zero attached hydrogens (tertiary/aromatic N) is 2. The molecule has 0 saturated carbocycles. The third kappa shape index (κ3) is 5.74. The van der Waals surface area contributed by atoms with Crippen LogP contribution in [0, 0.1) is 10.1 Å². The van der Waals surface area contributed by atoms with Crippen molar-refractivity contribution in [2.24, 2.45) is 0 Å². The fourth-order valence-corrected chi connectivity index (χ4v) is 4.39. The molecular formula is C18H22ClN3O4S. The normalized spacial score (nSPS) is 15.9. The summed E-state index contributed by atoms with van der Waals surface area (Å²) in [4.78, 5) is 12.5. The van der Waals surface area contributed by atoms with Crippen LogP contribution in [0.25, 0.3) is 0 Å². The number of piperidine rings is 1. The summed E-state index contributed by atoms with van der Waals surface area (Å²) in [7, 11) is -3.67. The van der Waals surface area contributed by atoms with E-state index in [0.717, 1.165) is 32.5 Å². The highest BCUT2D eigenvalue weighted by atomic mass is 35.5. The van der Waals surface area contributed by atoms with Gasteiger partial charge in [-0.15, -0.1) is 12.4 Å². The predicted molar refractivity (Wildman–Crippen MR) is 105 cm³/mol. The summed E-state index contributed by atoms with van der Waals surface area (Å²) in [6.07, 6.45) is 1.47. The first-order chi connectivity index (χ1) is 12.4. The summed E-state index contributed by atoms with van der Waals surface area (Å²) < 4.78 is 27.6. The summed E-state index contributed by atoms with van der Waals surface area (Å²) in [5.41, 5.74) is 1.12. The van der Waals surface area contributed by atoms with E-state index in [9.17, 15) is 18.5 Å². The largest absolute Gasteiger partial charge is 0.299 e. The van der Waals surface area contributed by atoms with Crippen LogP contribution in [0.4, 0.5) is 5.69 Å². The maximum atomic E-state index is 12.5. The van der Waals surface area contributed by atoms with Crippen molar-refractivity contribution in [2.45, 2.75) is 30.3 Å². The lowest BCUT2D eigenvalue weighted by Crippen LogP contribution is -2.44. The van der Waals surface area contributed by atoms with E-state index in [1.165, 1.54) is 29.8 Å². The zero-order valence-electron chi connectivity index (χ0n) is 14.7. The van der Waals surface area contributed by atoms with E-state index in [0.29, 0.717) is 0 Å². The summed E-state index contributed by atoms with van der Waals surface area (Å²) in [6, 6.07) is 15.0. The van der Waals surface area contributed by atoms with Crippen LogP contribution in [0.3, 0.4) is 0 Å². The van der Waals surface area contributed by atoms with Gasteiger partial charge < -0.3 is 0 Å². The molecule has 3 rings (SSSR count). The lowest BCUT2D eigenvalue weighted by Gasteiger charge is -2.32. The topological polar surface area (TPSA) is 92.5 Å². The van der Waals surface area contributed by atoms with Crippen molar-refractivity contribution in [3.05, 3.63) is 70.3 Å². The number of halogens is 1. The molecule has 0 bridgehead atoms. The van der Waals surface area contributed by atoms with E-state index in [2.05, 4.69) is 21.8 Å². The third-order valence-electron chi connectivity index (χ3n) is 4.52. The van der Waals surface area contributed by atoms with Crippen molar-refractivity contribution in [1.29, 1.82) is 0 Å². The van der Waals surface area contributed by atoms with Crippen LogP contribution in [0.15, 0.2) is 59.5 Å². The van der Waals surface area contributed by atoms with Crippen molar-refractivity contribution in [2.75, 3.05) is 13.1 Å². The standard InChI is InChI=1S/C18H21N3O4S.ClH/c22-21(23)17-6-8-18(9-7-17)26(24,25)19-16-10-12-20(13-11-16)14-15-4-2-1-3-5-15;/h1-9,16,19H,10-14H2;1H. The first-order valence-electron chi connectivity index (χ1n) is 8.47. The molecule has 0 radical (unpaired) electrons. The number of non-ortho nitro benzene ring substituents is 1. The van der Waals surface area contributed by atoms with E-state index in [-0.39, 0.29) is 29.0 Å². The van der Waals surface area contributed by atoms with Gasteiger partial charge in [0.2, 0.25) is 10.0 Å². The molecule has 1 N–H and O–H groups in total. The number of sulfonamides is 1. The average Bonchev–Trinajstić information content (AvgIpc) is 2.64. The SMILES string of the molecule is Cl.O=[N+]([O-])c1ccc(S(=O)(=O)NC2CCN(Cc3ccccc3)CC2)cc1. The molecule has 1 heterocycles. The van der Waals surface area contributed by atoms with Gasteiger partial charge in [0.15, 0.2) is 0 Å². The lowest BCUT2D eigenvalue weighted by molar-refractivity contribution is -0.384. The molecule has 1 saturated heterocycles. The summed E-state index contributed by atoms with van der Waals surface area (Å²) >= 11 is 0. The molecule has 1 fully saturated rings. The first kappa shape index (κ1) is 21.3. The highest BCUT2D eigenvalue weighted by Crippen LogP contribution is 2.19. The van der Waals surface area contributed by atoms with E-state index in [1.807, 2.05) is 18.2 Å². The Morgan fingerprint density at radius 2 is 1.63 bits per heavy atom. The number of likely N-dealkylation sites (tertiary alicyclic amines) is 1. The molecule has 0 unspecified atom stereocenters. The Hall–Kier alpha value is -2.00. The van der Waals surface area contributed by atoms with E-state index in [4.69, 9.17) is 0 Å². The third-order valence-corrected chi connectivity index (χ3v) is 6.05. The molecule has 2 aromatic carbocycles. The molecule has 9 heteroatoms. The average molecular weight is 412 g/mol. The monoisotopic (exact) mass is 411 g/mol. The van der Waals surface area contributed by atoms with Crippen LogP contribution < -0.4 is 4.72 Å². The molecular weight excluding hydrogens is 390 g/mol. The summed E-state index contributed by atoms with van der Waals surface area (Å²) in [5, 5.41) is 10.7. The summed E-state index contributed by atoms with van der Waals surface area (Å²) in [6.45, 7) is 2.51. The summed E-state index contributed by atoms with van der Waals surface area (Å²) in [5.74, 6) is 0. The van der Waals surface area contributed by atoms with Crippen molar-refractivity contribution in [3.63, 3.8) is 0 Å². The fraction of sp³-hybridized carbons (Fsp3) is 0.333. The maximum absolute atomic E-state index is 12.5. The number of hydrogen-bond donors (Lipinski definition) is 1. The second-order valence-corrected chi connectivity index (χ2v) is 8.12. The van der Waals surface area contributed by atoms with Gasteiger partial charge in [-0.2, -0.15) is 0 Å². The van der Waals surface area contributed by atoms with Gasteiger partial charge in [-0.05, 0) is 30.5 Å². The smallest absolute Gasteiger partial charge is 0.269 e. The van der Waals surface area contributed by atoms with Crippen molar-refractivity contribution in [3.8, 4) is 0 Å². The van der Waals surface area contributed by atoms with Gasteiger partial charge in [0.1, 0.15) is 0 Å². The minimum absolute atomic E-state index is 0. The van der Waals surface area contributed by atoms with Crippen LogP contribution in [0.1, 0.15) is 18.4 Å². The minimum Gasteiger partial charge on any atom is -0.299 e. The van der Waals surface area contributed by atoms with Gasteiger partial charge in [0, 0.05) is 37.8 Å². The zero-order chi connectivity index (χ0) is 18.6. The Morgan fingerprint density at radius 1 is 1.04 bits per heavy atom. The second kappa shape index (κ2) is 9.27. The molecule has 0 aromatic heterocycles. The zero-order valence-corrected chi connectivity index (χ0v) is 16.3. The molecule has 0 amide bonds. The molecule has 1 aliphatic rings. The number of hydrogen-bond acceptors (Lipinski definition) is 5. The molecule has 0 spiro atoms. The van der Waals surface area contributed by atoms with Gasteiger partial charge in [-0.1, -0.05) is 30.3 Å². The minimum atomic E-state index is -3.67. The van der Waals surface area contributed by atoms with Crippen molar-refractivity contribution < 1.29 is 13.3 Å². The number of nitrogens with one attached hydrogen (secondary N) is 1. The predicted octanol–water partition coefficient (Wildman–Crippen LogP) is 2.96. The van der Waals surface area contributed by atoms with Gasteiger partial charge in [0.05, 0.1) is 9.82 Å². The molecule has 27 heavy (non-hydrogen) atoms. The fourth-order valence-electron chi connectivity index (χ4n) is 3.09. The van der Waals surface area contributed by atoms with Crippen molar-refractivity contribution >= 4 is 28.1 Å².